The molecule has 1 aliphatic heterocycles. The van der Waals surface area contributed by atoms with E-state index in [9.17, 15) is 0 Å². The van der Waals surface area contributed by atoms with E-state index in [1.807, 2.05) is 11.9 Å². The van der Waals surface area contributed by atoms with E-state index >= 15 is 0 Å². The third-order valence-electron chi connectivity index (χ3n) is 2.80. The van der Waals surface area contributed by atoms with Crippen LogP contribution in [0.25, 0.3) is 0 Å². The summed E-state index contributed by atoms with van der Waals surface area (Å²) >= 11 is 5.62. The smallest absolute Gasteiger partial charge is 0.318 e. The third kappa shape index (κ3) is 2.65. The van der Waals surface area contributed by atoms with Crippen LogP contribution in [0.1, 0.15) is 18.7 Å². The molecule has 0 spiro atoms. The number of aromatic nitrogens is 2. The molecule has 1 fully saturated rings. The lowest BCUT2D eigenvalue weighted by Gasteiger charge is -2.29. The molecule has 0 atom stereocenters. The van der Waals surface area contributed by atoms with Gasteiger partial charge in [0, 0.05) is 38.6 Å². The van der Waals surface area contributed by atoms with E-state index in [0.717, 1.165) is 26.1 Å². The summed E-state index contributed by atoms with van der Waals surface area (Å²) in [5.74, 6) is 1.10. The van der Waals surface area contributed by atoms with E-state index in [4.69, 9.17) is 20.8 Å². The number of hydrogen-bond acceptors (Lipinski definition) is 5. The number of anilines is 1. The minimum absolute atomic E-state index is 0.429. The van der Waals surface area contributed by atoms with Crippen LogP contribution in [0.15, 0.2) is 4.42 Å². The number of ether oxygens (including phenoxy) is 1. The molecule has 1 aliphatic rings. The van der Waals surface area contributed by atoms with Gasteiger partial charge in [-0.15, -0.1) is 16.7 Å². The summed E-state index contributed by atoms with van der Waals surface area (Å²) in [6.45, 7) is 1.61. The van der Waals surface area contributed by atoms with Crippen molar-refractivity contribution in [2.75, 3.05) is 31.0 Å². The Morgan fingerprint density at radius 2 is 2.12 bits per heavy atom. The lowest BCUT2D eigenvalue weighted by atomic mass is 10.1. The van der Waals surface area contributed by atoms with Crippen molar-refractivity contribution in [2.45, 2.75) is 25.3 Å². The number of alkyl halides is 1. The molecule has 0 aliphatic carbocycles. The SMILES string of the molecule is CN(c1nnc(CCCl)o1)C1CCOCC1. The Bertz CT molecular complexity index is 326. The van der Waals surface area contributed by atoms with E-state index in [-0.39, 0.29) is 0 Å². The average molecular weight is 246 g/mol. The molecule has 2 rings (SSSR count). The molecule has 0 amide bonds. The summed E-state index contributed by atoms with van der Waals surface area (Å²) in [7, 11) is 1.98. The molecular formula is C10H16ClN3O2. The second kappa shape index (κ2) is 5.50. The van der Waals surface area contributed by atoms with E-state index < -0.39 is 0 Å². The Labute approximate surface area is 99.7 Å². The highest BCUT2D eigenvalue weighted by molar-refractivity contribution is 6.17. The van der Waals surface area contributed by atoms with Gasteiger partial charge in [-0.05, 0) is 12.8 Å². The molecule has 90 valence electrons. The molecule has 2 heterocycles. The fourth-order valence-corrected chi connectivity index (χ4v) is 1.96. The standard InChI is InChI=1S/C10H16ClN3O2/c1-14(8-3-6-15-7-4-8)10-13-12-9(16-10)2-5-11/h8H,2-7H2,1H3. The van der Waals surface area contributed by atoms with Crippen LogP contribution in [0.2, 0.25) is 0 Å². The molecule has 6 heteroatoms. The van der Waals surface area contributed by atoms with Crippen LogP contribution in [-0.4, -0.2) is 42.4 Å². The lowest BCUT2D eigenvalue weighted by molar-refractivity contribution is 0.0845. The first kappa shape index (κ1) is 11.7. The lowest BCUT2D eigenvalue weighted by Crippen LogP contribution is -2.36. The molecule has 1 aromatic heterocycles. The van der Waals surface area contributed by atoms with Crippen LogP contribution in [0.4, 0.5) is 6.01 Å². The van der Waals surface area contributed by atoms with E-state index in [1.165, 1.54) is 0 Å². The first-order valence-electron chi connectivity index (χ1n) is 5.50. The first-order chi connectivity index (χ1) is 7.81. The normalized spacial score (nSPS) is 17.6. The van der Waals surface area contributed by atoms with Crippen LogP contribution in [-0.2, 0) is 11.2 Å². The summed E-state index contributed by atoms with van der Waals surface area (Å²) in [4.78, 5) is 2.03. The number of aryl methyl sites for hydroxylation is 1. The minimum atomic E-state index is 0.429. The first-order valence-corrected chi connectivity index (χ1v) is 6.03. The van der Waals surface area contributed by atoms with Gasteiger partial charge >= 0.3 is 6.01 Å². The zero-order chi connectivity index (χ0) is 11.4. The van der Waals surface area contributed by atoms with Gasteiger partial charge in [-0.1, -0.05) is 5.10 Å². The van der Waals surface area contributed by atoms with Crippen molar-refractivity contribution in [1.82, 2.24) is 10.2 Å². The minimum Gasteiger partial charge on any atom is -0.408 e. The molecule has 0 unspecified atom stereocenters. The van der Waals surface area contributed by atoms with Crippen molar-refractivity contribution >= 4 is 17.6 Å². The van der Waals surface area contributed by atoms with Crippen molar-refractivity contribution in [3.05, 3.63) is 5.89 Å². The Kier molecular flexibility index (Phi) is 4.01. The van der Waals surface area contributed by atoms with E-state index in [2.05, 4.69) is 10.2 Å². The van der Waals surface area contributed by atoms with E-state index in [0.29, 0.717) is 30.2 Å². The van der Waals surface area contributed by atoms with Crippen molar-refractivity contribution in [3.8, 4) is 0 Å². The van der Waals surface area contributed by atoms with Crippen molar-refractivity contribution < 1.29 is 9.15 Å². The van der Waals surface area contributed by atoms with Gasteiger partial charge in [0.2, 0.25) is 5.89 Å². The van der Waals surface area contributed by atoms with Gasteiger partial charge in [-0.2, -0.15) is 0 Å². The summed E-state index contributed by atoms with van der Waals surface area (Å²) in [6, 6.07) is 1.00. The molecular weight excluding hydrogens is 230 g/mol. The average Bonchev–Trinajstić information content (AvgIpc) is 2.78. The largest absolute Gasteiger partial charge is 0.408 e. The number of hydrogen-bond donors (Lipinski definition) is 0. The maximum atomic E-state index is 5.62. The summed E-state index contributed by atoms with van der Waals surface area (Å²) in [6.07, 6.45) is 2.63. The molecule has 5 nitrogen and oxygen atoms in total. The molecule has 16 heavy (non-hydrogen) atoms. The predicted octanol–water partition coefficient (Wildman–Crippen LogP) is 1.47. The Morgan fingerprint density at radius 1 is 1.38 bits per heavy atom. The molecule has 0 aromatic carbocycles. The highest BCUT2D eigenvalue weighted by Gasteiger charge is 2.22. The second-order valence-electron chi connectivity index (χ2n) is 3.87. The highest BCUT2D eigenvalue weighted by Crippen LogP contribution is 2.19. The van der Waals surface area contributed by atoms with Gasteiger partial charge in [0.25, 0.3) is 0 Å². The third-order valence-corrected chi connectivity index (χ3v) is 2.99. The van der Waals surface area contributed by atoms with Crippen LogP contribution < -0.4 is 4.90 Å². The fourth-order valence-electron chi connectivity index (χ4n) is 1.80. The fraction of sp³-hybridized carbons (Fsp3) is 0.800. The van der Waals surface area contributed by atoms with Crippen molar-refractivity contribution in [2.24, 2.45) is 0 Å². The monoisotopic (exact) mass is 245 g/mol. The molecule has 1 saturated heterocycles. The highest BCUT2D eigenvalue weighted by atomic mass is 35.5. The van der Waals surface area contributed by atoms with Gasteiger partial charge in [0.05, 0.1) is 0 Å². The van der Waals surface area contributed by atoms with Crippen molar-refractivity contribution in [1.29, 1.82) is 0 Å². The quantitative estimate of drug-likeness (QED) is 0.752. The number of halogens is 1. The van der Waals surface area contributed by atoms with Gasteiger partial charge in [0.15, 0.2) is 0 Å². The Hall–Kier alpha value is -0.810. The number of nitrogens with zero attached hydrogens (tertiary/aromatic N) is 3. The predicted molar refractivity (Wildman–Crippen MR) is 61.0 cm³/mol. The van der Waals surface area contributed by atoms with Crippen molar-refractivity contribution in [3.63, 3.8) is 0 Å². The van der Waals surface area contributed by atoms with Crippen LogP contribution in [0.3, 0.4) is 0 Å². The topological polar surface area (TPSA) is 51.4 Å². The van der Waals surface area contributed by atoms with Gasteiger partial charge in [-0.25, -0.2) is 0 Å². The zero-order valence-electron chi connectivity index (χ0n) is 9.36. The maximum Gasteiger partial charge on any atom is 0.318 e. The molecule has 0 bridgehead atoms. The molecule has 0 saturated carbocycles. The molecule has 0 radical (unpaired) electrons. The van der Waals surface area contributed by atoms with E-state index in [1.54, 1.807) is 0 Å². The zero-order valence-corrected chi connectivity index (χ0v) is 10.1. The summed E-state index contributed by atoms with van der Waals surface area (Å²) < 4.78 is 10.8. The summed E-state index contributed by atoms with van der Waals surface area (Å²) in [5.41, 5.74) is 0. The molecule has 1 aromatic rings. The van der Waals surface area contributed by atoms with Crippen LogP contribution >= 0.6 is 11.6 Å². The molecule has 0 N–H and O–H groups in total. The van der Waals surface area contributed by atoms with Gasteiger partial charge < -0.3 is 14.1 Å². The maximum absolute atomic E-state index is 5.62. The van der Waals surface area contributed by atoms with Crippen LogP contribution in [0, 0.1) is 0 Å². The second-order valence-corrected chi connectivity index (χ2v) is 4.25. The Balaban J connectivity index is 1.98. The van der Waals surface area contributed by atoms with Gasteiger partial charge in [-0.3, -0.25) is 0 Å². The Morgan fingerprint density at radius 3 is 2.81 bits per heavy atom. The number of rotatable bonds is 4. The summed E-state index contributed by atoms with van der Waals surface area (Å²) in [5, 5.41) is 7.97. The van der Waals surface area contributed by atoms with Gasteiger partial charge in [0.1, 0.15) is 0 Å². The van der Waals surface area contributed by atoms with Crippen LogP contribution in [0.5, 0.6) is 0 Å².